The zero-order chi connectivity index (χ0) is 30.9. The number of piperidine rings is 1. The van der Waals surface area contributed by atoms with E-state index < -0.39 is 17.2 Å². The normalized spacial score (nSPS) is 16.3. The molecule has 1 aromatic heterocycles. The molecular formula is C32H35F2N5O4. The minimum atomic E-state index is -0.697. The van der Waals surface area contributed by atoms with Crippen molar-refractivity contribution < 1.29 is 27.8 Å². The molecule has 0 atom stereocenters. The van der Waals surface area contributed by atoms with Gasteiger partial charge in [0.25, 0.3) is 0 Å². The number of hydrogen-bond donors (Lipinski definition) is 0. The summed E-state index contributed by atoms with van der Waals surface area (Å²) in [5.74, 6) is -1.31. The fraction of sp³-hybridized carbons (Fsp3) is 0.438. The Kier molecular flexibility index (Phi) is 8.14. The van der Waals surface area contributed by atoms with Crippen molar-refractivity contribution in [2.24, 2.45) is 5.41 Å². The molecule has 43 heavy (non-hydrogen) atoms. The number of hydrogen-bond acceptors (Lipinski definition) is 6. The Morgan fingerprint density at radius 3 is 2.26 bits per heavy atom. The predicted molar refractivity (Wildman–Crippen MR) is 155 cm³/mol. The van der Waals surface area contributed by atoms with Gasteiger partial charge < -0.3 is 19.3 Å². The molecule has 0 N–H and O–H groups in total. The second kappa shape index (κ2) is 11.7. The van der Waals surface area contributed by atoms with Crippen LogP contribution in [-0.4, -0.2) is 70.5 Å². The molecule has 9 nitrogen and oxygen atoms in total. The lowest BCUT2D eigenvalue weighted by molar-refractivity contribution is -0.134. The maximum absolute atomic E-state index is 14.6. The number of nitrogens with zero attached hydrogens (tertiary/aromatic N) is 5. The molecule has 3 heterocycles. The molecular weight excluding hydrogens is 556 g/mol. The highest BCUT2D eigenvalue weighted by atomic mass is 19.1. The lowest BCUT2D eigenvalue weighted by Gasteiger charge is -2.39. The van der Waals surface area contributed by atoms with Crippen molar-refractivity contribution in [3.63, 3.8) is 0 Å². The van der Waals surface area contributed by atoms with Gasteiger partial charge in [-0.1, -0.05) is 12.1 Å². The lowest BCUT2D eigenvalue weighted by atomic mass is 9.78. The van der Waals surface area contributed by atoms with Crippen LogP contribution in [0.15, 0.2) is 42.6 Å². The molecule has 2 fully saturated rings. The molecule has 5 rings (SSSR count). The number of benzene rings is 2. The Morgan fingerprint density at radius 2 is 1.65 bits per heavy atom. The third kappa shape index (κ3) is 6.48. The average Bonchev–Trinajstić information content (AvgIpc) is 3.57. The van der Waals surface area contributed by atoms with E-state index >= 15 is 0 Å². The molecule has 3 aromatic rings. The van der Waals surface area contributed by atoms with E-state index in [9.17, 15) is 18.4 Å². The topological polar surface area (TPSA) is 101 Å². The van der Waals surface area contributed by atoms with Gasteiger partial charge in [0, 0.05) is 43.5 Å². The molecule has 2 aromatic carbocycles. The Bertz CT molecular complexity index is 1580. The number of amides is 2. The fourth-order valence-corrected chi connectivity index (χ4v) is 5.81. The summed E-state index contributed by atoms with van der Waals surface area (Å²) in [6.45, 7) is 7.89. The average molecular weight is 592 g/mol. The largest absolute Gasteiger partial charge is 0.494 e. The van der Waals surface area contributed by atoms with Crippen LogP contribution in [0.4, 0.5) is 13.6 Å². The maximum Gasteiger partial charge on any atom is 0.410 e. The molecule has 11 heteroatoms. The third-order valence-electron chi connectivity index (χ3n) is 8.15. The van der Waals surface area contributed by atoms with Crippen molar-refractivity contribution in [3.8, 4) is 34.2 Å². The summed E-state index contributed by atoms with van der Waals surface area (Å²) in [6.07, 6.45) is 3.78. The van der Waals surface area contributed by atoms with Crippen molar-refractivity contribution in [1.82, 2.24) is 19.6 Å². The summed E-state index contributed by atoms with van der Waals surface area (Å²) >= 11 is 0. The number of rotatable bonds is 5. The van der Waals surface area contributed by atoms with Gasteiger partial charge in [-0.15, -0.1) is 0 Å². The SMILES string of the molecule is COc1ccc(-c2cn(CC(=O)N3CCC4(CC3)CCN(C(=O)OC(C)(C)C)C4)nc2-c2ccc(C#N)c(F)c2)cc1F. The number of carbonyl (C=O) groups is 2. The molecule has 0 bridgehead atoms. The highest BCUT2D eigenvalue weighted by Gasteiger charge is 2.43. The van der Waals surface area contributed by atoms with Crippen LogP contribution in [0.5, 0.6) is 5.75 Å². The first-order valence-electron chi connectivity index (χ1n) is 14.3. The lowest BCUT2D eigenvalue weighted by Crippen LogP contribution is -2.46. The Hall–Kier alpha value is -4.46. The summed E-state index contributed by atoms with van der Waals surface area (Å²) in [6, 6.07) is 10.4. The summed E-state index contributed by atoms with van der Waals surface area (Å²) in [4.78, 5) is 29.5. The molecule has 2 aliphatic rings. The van der Waals surface area contributed by atoms with E-state index in [1.165, 1.54) is 36.1 Å². The van der Waals surface area contributed by atoms with Crippen molar-refractivity contribution in [1.29, 1.82) is 5.26 Å². The van der Waals surface area contributed by atoms with E-state index in [2.05, 4.69) is 5.10 Å². The maximum atomic E-state index is 14.6. The molecule has 1 spiro atoms. The van der Waals surface area contributed by atoms with Gasteiger partial charge in [-0.25, -0.2) is 13.6 Å². The van der Waals surface area contributed by atoms with Crippen LogP contribution >= 0.6 is 0 Å². The van der Waals surface area contributed by atoms with Crippen LogP contribution in [0.3, 0.4) is 0 Å². The van der Waals surface area contributed by atoms with E-state index in [-0.39, 0.29) is 35.3 Å². The number of nitriles is 1. The van der Waals surface area contributed by atoms with E-state index in [0.717, 1.165) is 19.3 Å². The van der Waals surface area contributed by atoms with Gasteiger partial charge in [0.2, 0.25) is 5.91 Å². The van der Waals surface area contributed by atoms with Crippen molar-refractivity contribution in [3.05, 3.63) is 59.8 Å². The van der Waals surface area contributed by atoms with Crippen LogP contribution in [0.1, 0.15) is 45.6 Å². The standard InChI is InChI=1S/C32H35F2N5O4/c1-31(2,3)43-30(41)38-14-11-32(20-38)9-12-37(13-10-32)28(40)19-39-18-24(21-7-8-27(42-4)26(34)15-21)29(36-39)22-5-6-23(17-35)25(33)16-22/h5-8,15-16,18H,9-14,19-20H2,1-4H3. The molecule has 0 aliphatic carbocycles. The zero-order valence-electron chi connectivity index (χ0n) is 24.8. The van der Waals surface area contributed by atoms with Crippen LogP contribution in [-0.2, 0) is 16.1 Å². The first-order valence-corrected chi connectivity index (χ1v) is 14.3. The zero-order valence-corrected chi connectivity index (χ0v) is 24.8. The Morgan fingerprint density at radius 1 is 1.00 bits per heavy atom. The first kappa shape index (κ1) is 30.0. The second-order valence-electron chi connectivity index (χ2n) is 12.3. The number of aromatic nitrogens is 2. The number of carbonyl (C=O) groups excluding carboxylic acids is 2. The summed E-state index contributed by atoms with van der Waals surface area (Å²) in [5, 5.41) is 13.7. The van der Waals surface area contributed by atoms with E-state index in [1.807, 2.05) is 20.8 Å². The van der Waals surface area contributed by atoms with Crippen molar-refractivity contribution >= 4 is 12.0 Å². The van der Waals surface area contributed by atoms with Gasteiger partial charge in [-0.05, 0) is 75.3 Å². The monoisotopic (exact) mass is 591 g/mol. The quantitative estimate of drug-likeness (QED) is 0.382. The molecule has 0 unspecified atom stereocenters. The van der Waals surface area contributed by atoms with Gasteiger partial charge in [-0.2, -0.15) is 10.4 Å². The smallest absolute Gasteiger partial charge is 0.410 e. The van der Waals surface area contributed by atoms with Gasteiger partial charge in [0.1, 0.15) is 29.7 Å². The summed E-state index contributed by atoms with van der Waals surface area (Å²) in [5.41, 5.74) is 1.05. The first-order chi connectivity index (χ1) is 20.4. The highest BCUT2D eigenvalue weighted by Crippen LogP contribution is 2.41. The van der Waals surface area contributed by atoms with E-state index in [0.29, 0.717) is 48.6 Å². The number of methoxy groups -OCH3 is 1. The fourth-order valence-electron chi connectivity index (χ4n) is 5.81. The van der Waals surface area contributed by atoms with Crippen LogP contribution in [0.2, 0.25) is 0 Å². The molecule has 0 radical (unpaired) electrons. The Balaban J connectivity index is 1.32. The van der Waals surface area contributed by atoms with Crippen LogP contribution in [0.25, 0.3) is 22.4 Å². The molecule has 226 valence electrons. The number of likely N-dealkylation sites (tertiary alicyclic amines) is 2. The highest BCUT2D eigenvalue weighted by molar-refractivity contribution is 5.82. The van der Waals surface area contributed by atoms with Gasteiger partial charge in [0.15, 0.2) is 11.6 Å². The molecule has 2 amide bonds. The van der Waals surface area contributed by atoms with Crippen LogP contribution in [0, 0.1) is 28.4 Å². The van der Waals surface area contributed by atoms with E-state index in [4.69, 9.17) is 14.7 Å². The molecule has 2 aliphatic heterocycles. The molecule has 2 saturated heterocycles. The second-order valence-corrected chi connectivity index (χ2v) is 12.3. The van der Waals surface area contributed by atoms with Crippen molar-refractivity contribution in [2.75, 3.05) is 33.3 Å². The van der Waals surface area contributed by atoms with Gasteiger partial charge >= 0.3 is 6.09 Å². The minimum absolute atomic E-state index is 0.0299. The predicted octanol–water partition coefficient (Wildman–Crippen LogP) is 5.63. The van der Waals surface area contributed by atoms with E-state index in [1.54, 1.807) is 34.2 Å². The van der Waals surface area contributed by atoms with Gasteiger partial charge in [0.05, 0.1) is 12.7 Å². The minimum Gasteiger partial charge on any atom is -0.494 e. The van der Waals surface area contributed by atoms with Crippen molar-refractivity contribution in [2.45, 2.75) is 52.2 Å². The third-order valence-corrected chi connectivity index (χ3v) is 8.15. The van der Waals surface area contributed by atoms with Gasteiger partial charge in [-0.3, -0.25) is 9.48 Å². The van der Waals surface area contributed by atoms with Crippen LogP contribution < -0.4 is 4.74 Å². The summed E-state index contributed by atoms with van der Waals surface area (Å²) < 4.78 is 41.2. The molecule has 0 saturated carbocycles. The summed E-state index contributed by atoms with van der Waals surface area (Å²) in [7, 11) is 1.37. The Labute approximate surface area is 249 Å². The number of halogens is 2. The number of ether oxygens (including phenoxy) is 2.